The Morgan fingerprint density at radius 1 is 1.11 bits per heavy atom. The molecule has 3 rings (SSSR count). The molecule has 2 aromatic rings. The average Bonchev–Trinajstić information content (AvgIpc) is 2.46. The minimum atomic E-state index is 0.674. The molecule has 3 heteroatoms. The Hall–Kier alpha value is -1.98. The van der Waals surface area contributed by atoms with Gasteiger partial charge in [-0.1, -0.05) is 35.9 Å². The molecular formula is C16H13ClN2. The minimum Gasteiger partial charge on any atom is -0.366 e. The number of hydrogen-bond acceptors (Lipinski definition) is 2. The van der Waals surface area contributed by atoms with Crippen LogP contribution in [0.25, 0.3) is 0 Å². The van der Waals surface area contributed by atoms with Crippen molar-refractivity contribution in [2.24, 2.45) is 0 Å². The molecule has 0 fully saturated rings. The number of anilines is 1. The maximum Gasteiger partial charge on any atom is 0.101 e. The van der Waals surface area contributed by atoms with Gasteiger partial charge in [0.05, 0.1) is 11.3 Å². The van der Waals surface area contributed by atoms with Crippen LogP contribution in [0, 0.1) is 11.3 Å². The molecule has 0 bridgehead atoms. The number of rotatable bonds is 1. The molecule has 0 saturated heterocycles. The van der Waals surface area contributed by atoms with Gasteiger partial charge in [-0.2, -0.15) is 5.26 Å². The van der Waals surface area contributed by atoms with Crippen LogP contribution in [-0.2, 0) is 13.0 Å². The highest BCUT2D eigenvalue weighted by Gasteiger charge is 2.18. The molecule has 0 unspecified atom stereocenters. The van der Waals surface area contributed by atoms with Crippen molar-refractivity contribution in [3.8, 4) is 6.07 Å². The third kappa shape index (κ3) is 2.30. The number of nitrogens with zero attached hydrogens (tertiary/aromatic N) is 2. The van der Waals surface area contributed by atoms with Crippen molar-refractivity contribution < 1.29 is 0 Å². The Morgan fingerprint density at radius 3 is 2.68 bits per heavy atom. The summed E-state index contributed by atoms with van der Waals surface area (Å²) in [7, 11) is 0. The van der Waals surface area contributed by atoms with Crippen molar-refractivity contribution in [2.75, 3.05) is 11.4 Å². The van der Waals surface area contributed by atoms with E-state index in [1.54, 1.807) is 12.1 Å². The quantitative estimate of drug-likeness (QED) is 0.787. The smallest absolute Gasteiger partial charge is 0.101 e. The molecule has 0 saturated carbocycles. The highest BCUT2D eigenvalue weighted by atomic mass is 35.5. The normalized spacial score (nSPS) is 13.8. The molecule has 0 N–H and O–H groups in total. The summed E-state index contributed by atoms with van der Waals surface area (Å²) in [5, 5.41) is 9.89. The first kappa shape index (κ1) is 12.1. The zero-order valence-corrected chi connectivity index (χ0v) is 11.2. The summed E-state index contributed by atoms with van der Waals surface area (Å²) in [4.78, 5) is 2.23. The molecule has 2 aromatic carbocycles. The van der Waals surface area contributed by atoms with Gasteiger partial charge in [-0.15, -0.1) is 0 Å². The van der Waals surface area contributed by atoms with E-state index in [-0.39, 0.29) is 0 Å². The van der Waals surface area contributed by atoms with E-state index in [2.05, 4.69) is 35.2 Å². The fourth-order valence-electron chi connectivity index (χ4n) is 2.56. The maximum absolute atomic E-state index is 9.22. The molecule has 0 spiro atoms. The van der Waals surface area contributed by atoms with Gasteiger partial charge in [0.2, 0.25) is 0 Å². The molecule has 1 aliphatic heterocycles. The number of hydrogen-bond donors (Lipinski definition) is 0. The van der Waals surface area contributed by atoms with E-state index < -0.39 is 0 Å². The second-order valence-electron chi connectivity index (χ2n) is 4.71. The highest BCUT2D eigenvalue weighted by molar-refractivity contribution is 6.30. The summed E-state index contributed by atoms with van der Waals surface area (Å²) in [6.45, 7) is 1.76. The molecule has 19 heavy (non-hydrogen) atoms. The van der Waals surface area contributed by atoms with Crippen molar-refractivity contribution in [1.82, 2.24) is 0 Å². The molecule has 0 atom stereocenters. The first-order chi connectivity index (χ1) is 9.28. The van der Waals surface area contributed by atoms with Crippen LogP contribution in [0.5, 0.6) is 0 Å². The minimum absolute atomic E-state index is 0.674. The van der Waals surface area contributed by atoms with E-state index in [9.17, 15) is 5.26 Å². The molecule has 1 heterocycles. The average molecular weight is 269 g/mol. The lowest BCUT2D eigenvalue weighted by atomic mass is 9.99. The van der Waals surface area contributed by atoms with Gasteiger partial charge in [0.1, 0.15) is 6.07 Å². The van der Waals surface area contributed by atoms with E-state index in [0.29, 0.717) is 10.6 Å². The lowest BCUT2D eigenvalue weighted by Gasteiger charge is -2.31. The van der Waals surface area contributed by atoms with Crippen LogP contribution in [0.1, 0.15) is 16.7 Å². The molecule has 0 aromatic heterocycles. The molecule has 0 aliphatic carbocycles. The first-order valence-electron chi connectivity index (χ1n) is 6.29. The molecule has 0 radical (unpaired) electrons. The summed E-state index contributed by atoms with van der Waals surface area (Å²) in [5.41, 5.74) is 4.35. The zero-order chi connectivity index (χ0) is 13.2. The SMILES string of the molecule is N#Cc1ccc(Cl)cc1N1CCc2ccccc2C1. The van der Waals surface area contributed by atoms with E-state index in [1.165, 1.54) is 11.1 Å². The summed E-state index contributed by atoms with van der Waals surface area (Å²) in [6, 6.07) is 16.1. The maximum atomic E-state index is 9.22. The van der Waals surface area contributed by atoms with Gasteiger partial charge in [0.25, 0.3) is 0 Å². The second kappa shape index (κ2) is 4.95. The number of nitriles is 1. The predicted molar refractivity (Wildman–Crippen MR) is 77.4 cm³/mol. The molecule has 2 nitrogen and oxygen atoms in total. The van der Waals surface area contributed by atoms with Crippen molar-refractivity contribution >= 4 is 17.3 Å². The third-order valence-electron chi connectivity index (χ3n) is 3.55. The topological polar surface area (TPSA) is 27.0 Å². The van der Waals surface area contributed by atoms with Gasteiger partial charge >= 0.3 is 0 Å². The van der Waals surface area contributed by atoms with Gasteiger partial charge in [-0.25, -0.2) is 0 Å². The Balaban J connectivity index is 1.98. The van der Waals surface area contributed by atoms with Crippen LogP contribution in [0.3, 0.4) is 0 Å². The van der Waals surface area contributed by atoms with Gasteiger partial charge in [-0.05, 0) is 35.7 Å². The van der Waals surface area contributed by atoms with Gasteiger partial charge in [-0.3, -0.25) is 0 Å². The lowest BCUT2D eigenvalue weighted by molar-refractivity contribution is 0.731. The van der Waals surface area contributed by atoms with Crippen LogP contribution >= 0.6 is 11.6 Å². The lowest BCUT2D eigenvalue weighted by Crippen LogP contribution is -2.30. The fourth-order valence-corrected chi connectivity index (χ4v) is 2.73. The van der Waals surface area contributed by atoms with Crippen molar-refractivity contribution in [3.05, 3.63) is 64.2 Å². The number of benzene rings is 2. The first-order valence-corrected chi connectivity index (χ1v) is 6.67. The van der Waals surface area contributed by atoms with Gasteiger partial charge in [0.15, 0.2) is 0 Å². The van der Waals surface area contributed by atoms with Crippen LogP contribution in [0.4, 0.5) is 5.69 Å². The monoisotopic (exact) mass is 268 g/mol. The largest absolute Gasteiger partial charge is 0.366 e. The van der Waals surface area contributed by atoms with E-state index >= 15 is 0 Å². The second-order valence-corrected chi connectivity index (χ2v) is 5.15. The van der Waals surface area contributed by atoms with Gasteiger partial charge < -0.3 is 4.90 Å². The van der Waals surface area contributed by atoms with Crippen LogP contribution in [0.2, 0.25) is 5.02 Å². The molecule has 1 aliphatic rings. The summed E-state index contributed by atoms with van der Waals surface area (Å²) in [5.74, 6) is 0. The van der Waals surface area contributed by atoms with Crippen molar-refractivity contribution in [2.45, 2.75) is 13.0 Å². The van der Waals surface area contributed by atoms with Crippen LogP contribution in [-0.4, -0.2) is 6.54 Å². The molecule has 0 amide bonds. The molecule has 94 valence electrons. The summed E-state index contributed by atoms with van der Waals surface area (Å²) < 4.78 is 0. The molecular weight excluding hydrogens is 256 g/mol. The van der Waals surface area contributed by atoms with E-state index in [0.717, 1.165) is 25.2 Å². The Kier molecular flexibility index (Phi) is 3.15. The van der Waals surface area contributed by atoms with Crippen molar-refractivity contribution in [1.29, 1.82) is 5.26 Å². The van der Waals surface area contributed by atoms with Crippen LogP contribution in [0.15, 0.2) is 42.5 Å². The third-order valence-corrected chi connectivity index (χ3v) is 3.79. The Labute approximate surface area is 117 Å². The predicted octanol–water partition coefficient (Wildman–Crippen LogP) is 3.77. The number of fused-ring (bicyclic) bond motifs is 1. The Morgan fingerprint density at radius 2 is 1.89 bits per heavy atom. The van der Waals surface area contributed by atoms with E-state index in [1.807, 2.05) is 6.07 Å². The summed E-state index contributed by atoms with van der Waals surface area (Å²) in [6.07, 6.45) is 1.01. The van der Waals surface area contributed by atoms with E-state index in [4.69, 9.17) is 11.6 Å². The standard InChI is InChI=1S/C16H13ClN2/c17-15-6-5-13(10-18)16(9-15)19-8-7-12-3-1-2-4-14(12)11-19/h1-6,9H,7-8,11H2. The van der Waals surface area contributed by atoms with Crippen LogP contribution < -0.4 is 4.90 Å². The fraction of sp³-hybridized carbons (Fsp3) is 0.188. The highest BCUT2D eigenvalue weighted by Crippen LogP contribution is 2.29. The zero-order valence-electron chi connectivity index (χ0n) is 10.4. The number of halogens is 1. The summed E-state index contributed by atoms with van der Waals surface area (Å²) >= 11 is 6.06. The van der Waals surface area contributed by atoms with Crippen molar-refractivity contribution in [3.63, 3.8) is 0 Å². The van der Waals surface area contributed by atoms with Gasteiger partial charge in [0, 0.05) is 18.1 Å². The Bertz CT molecular complexity index is 658.